The van der Waals surface area contributed by atoms with Gasteiger partial charge in [-0.2, -0.15) is 0 Å². The number of rotatable bonds is 1. The fourth-order valence-electron chi connectivity index (χ4n) is 2.35. The van der Waals surface area contributed by atoms with Gasteiger partial charge in [-0.25, -0.2) is 13.1 Å². The Labute approximate surface area is 107 Å². The average molecular weight is 272 g/mol. The number of nitrogens with one attached hydrogen (secondary N) is 1. The van der Waals surface area contributed by atoms with E-state index >= 15 is 0 Å². The number of aromatic amines is 1. The standard InChI is InChI=1S/C12H20N2O3S/c1-11(2,3)9-7-10(15)14(13-9)12(4)5-6-18(16,17)8-12/h7,13H,5-6,8H2,1-4H3. The Morgan fingerprint density at radius 3 is 2.39 bits per heavy atom. The van der Waals surface area contributed by atoms with Crippen LogP contribution in [0.25, 0.3) is 0 Å². The Morgan fingerprint density at radius 1 is 1.39 bits per heavy atom. The Bertz CT molecular complexity index is 618. The number of H-pyrrole nitrogens is 1. The van der Waals surface area contributed by atoms with Gasteiger partial charge in [0.05, 0.1) is 17.0 Å². The number of aromatic nitrogens is 2. The molecule has 1 aliphatic rings. The van der Waals surface area contributed by atoms with Gasteiger partial charge in [0.15, 0.2) is 9.84 Å². The lowest BCUT2D eigenvalue weighted by atomic mass is 9.93. The molecule has 0 saturated carbocycles. The second kappa shape index (κ2) is 3.73. The van der Waals surface area contributed by atoms with Gasteiger partial charge in [-0.1, -0.05) is 20.8 Å². The largest absolute Gasteiger partial charge is 0.299 e. The monoisotopic (exact) mass is 272 g/mol. The zero-order chi connectivity index (χ0) is 13.8. The van der Waals surface area contributed by atoms with Gasteiger partial charge < -0.3 is 0 Å². The van der Waals surface area contributed by atoms with E-state index in [0.717, 1.165) is 5.69 Å². The summed E-state index contributed by atoms with van der Waals surface area (Å²) in [5.74, 6) is 0.184. The van der Waals surface area contributed by atoms with Crippen LogP contribution in [0.5, 0.6) is 0 Å². The van der Waals surface area contributed by atoms with Crippen molar-refractivity contribution < 1.29 is 8.42 Å². The molecule has 102 valence electrons. The summed E-state index contributed by atoms with van der Waals surface area (Å²) in [6.07, 6.45) is 0.485. The van der Waals surface area contributed by atoms with E-state index in [9.17, 15) is 13.2 Å². The molecule has 1 atom stereocenters. The van der Waals surface area contributed by atoms with Gasteiger partial charge in [-0.05, 0) is 13.3 Å². The lowest BCUT2D eigenvalue weighted by molar-refractivity contribution is 0.314. The van der Waals surface area contributed by atoms with Crippen molar-refractivity contribution in [3.8, 4) is 0 Å². The molecule has 1 aromatic rings. The highest BCUT2D eigenvalue weighted by Crippen LogP contribution is 2.29. The SMILES string of the molecule is CC(C)(C)c1cc(=O)n(C2(C)CCS(=O)(=O)C2)[nH]1. The highest BCUT2D eigenvalue weighted by Gasteiger charge is 2.41. The van der Waals surface area contributed by atoms with E-state index < -0.39 is 15.4 Å². The van der Waals surface area contributed by atoms with E-state index in [0.29, 0.717) is 6.42 Å². The van der Waals surface area contributed by atoms with Gasteiger partial charge in [0.25, 0.3) is 5.56 Å². The Hall–Kier alpha value is -1.04. The van der Waals surface area contributed by atoms with Crippen molar-refractivity contribution in [2.75, 3.05) is 11.5 Å². The van der Waals surface area contributed by atoms with E-state index in [2.05, 4.69) is 5.10 Å². The van der Waals surface area contributed by atoms with Gasteiger partial charge in [-0.15, -0.1) is 0 Å². The minimum atomic E-state index is -3.02. The predicted molar refractivity (Wildman–Crippen MR) is 70.7 cm³/mol. The summed E-state index contributed by atoms with van der Waals surface area (Å²) in [6, 6.07) is 1.57. The Kier molecular flexibility index (Phi) is 2.77. The van der Waals surface area contributed by atoms with Crippen molar-refractivity contribution in [2.24, 2.45) is 0 Å². The fraction of sp³-hybridized carbons (Fsp3) is 0.750. The summed E-state index contributed by atoms with van der Waals surface area (Å²) in [5, 5.41) is 3.08. The first-order valence-corrected chi connectivity index (χ1v) is 7.89. The van der Waals surface area contributed by atoms with Crippen LogP contribution in [0.2, 0.25) is 0 Å². The van der Waals surface area contributed by atoms with E-state index in [-0.39, 0.29) is 22.5 Å². The molecule has 0 bridgehead atoms. The molecule has 2 heterocycles. The number of hydrogen-bond acceptors (Lipinski definition) is 3. The summed E-state index contributed by atoms with van der Waals surface area (Å²) in [7, 11) is -3.02. The first-order chi connectivity index (χ1) is 8.04. The molecule has 18 heavy (non-hydrogen) atoms. The van der Waals surface area contributed by atoms with Crippen LogP contribution in [0.4, 0.5) is 0 Å². The van der Waals surface area contributed by atoms with Crippen LogP contribution in [0.1, 0.15) is 39.8 Å². The number of hydrogen-bond donors (Lipinski definition) is 1. The van der Waals surface area contributed by atoms with E-state index in [1.54, 1.807) is 6.07 Å². The highest BCUT2D eigenvalue weighted by molar-refractivity contribution is 7.91. The Balaban J connectivity index is 2.48. The maximum Gasteiger partial charge on any atom is 0.267 e. The van der Waals surface area contributed by atoms with E-state index in [1.807, 2.05) is 27.7 Å². The normalized spacial score (nSPS) is 27.6. The maximum atomic E-state index is 12.0. The third-order valence-electron chi connectivity index (χ3n) is 3.55. The average Bonchev–Trinajstić information content (AvgIpc) is 2.68. The van der Waals surface area contributed by atoms with Crippen LogP contribution < -0.4 is 5.56 Å². The predicted octanol–water partition coefficient (Wildman–Crippen LogP) is 1.01. The minimum Gasteiger partial charge on any atom is -0.299 e. The highest BCUT2D eigenvalue weighted by atomic mass is 32.2. The Morgan fingerprint density at radius 2 is 2.00 bits per heavy atom. The molecule has 1 N–H and O–H groups in total. The molecular formula is C12H20N2O3S. The molecule has 0 aromatic carbocycles. The quantitative estimate of drug-likeness (QED) is 0.829. The molecule has 0 aliphatic carbocycles. The molecule has 2 rings (SSSR count). The second-order valence-corrected chi connectivity index (χ2v) is 8.62. The van der Waals surface area contributed by atoms with Crippen LogP contribution in [-0.2, 0) is 20.8 Å². The van der Waals surface area contributed by atoms with E-state index in [4.69, 9.17) is 0 Å². The van der Waals surface area contributed by atoms with Crippen LogP contribution in [0, 0.1) is 0 Å². The van der Waals surface area contributed by atoms with Gasteiger partial charge in [0, 0.05) is 17.2 Å². The van der Waals surface area contributed by atoms with Gasteiger partial charge >= 0.3 is 0 Å². The van der Waals surface area contributed by atoms with Crippen LogP contribution in [0.3, 0.4) is 0 Å². The molecule has 6 heteroatoms. The molecule has 1 fully saturated rings. The third kappa shape index (κ3) is 2.25. The summed E-state index contributed by atoms with van der Waals surface area (Å²) in [6.45, 7) is 7.85. The van der Waals surface area contributed by atoms with Crippen LogP contribution in [0.15, 0.2) is 10.9 Å². The maximum absolute atomic E-state index is 12.0. The van der Waals surface area contributed by atoms with Gasteiger partial charge in [0.1, 0.15) is 0 Å². The second-order valence-electron chi connectivity index (χ2n) is 6.43. The fourth-order valence-corrected chi connectivity index (χ4v) is 4.47. The zero-order valence-corrected chi connectivity index (χ0v) is 12.1. The first kappa shape index (κ1) is 13.4. The molecule has 0 amide bonds. The van der Waals surface area contributed by atoms with Gasteiger partial charge in [0.2, 0.25) is 0 Å². The number of nitrogens with zero attached hydrogens (tertiary/aromatic N) is 1. The topological polar surface area (TPSA) is 71.9 Å². The van der Waals surface area contributed by atoms with Crippen molar-refractivity contribution in [3.63, 3.8) is 0 Å². The van der Waals surface area contributed by atoms with Crippen LogP contribution in [-0.4, -0.2) is 29.7 Å². The van der Waals surface area contributed by atoms with Crippen LogP contribution >= 0.6 is 0 Å². The summed E-state index contributed by atoms with van der Waals surface area (Å²) < 4.78 is 24.7. The zero-order valence-electron chi connectivity index (χ0n) is 11.3. The number of sulfone groups is 1. The summed E-state index contributed by atoms with van der Waals surface area (Å²) in [5.41, 5.74) is -0.116. The van der Waals surface area contributed by atoms with Gasteiger partial charge in [-0.3, -0.25) is 9.89 Å². The summed E-state index contributed by atoms with van der Waals surface area (Å²) in [4.78, 5) is 12.0. The molecule has 0 spiro atoms. The van der Waals surface area contributed by atoms with E-state index in [1.165, 1.54) is 4.68 Å². The smallest absolute Gasteiger partial charge is 0.267 e. The lowest BCUT2D eigenvalue weighted by Crippen LogP contribution is -2.39. The van der Waals surface area contributed by atoms with Crippen molar-refractivity contribution in [2.45, 2.75) is 45.1 Å². The lowest BCUT2D eigenvalue weighted by Gasteiger charge is -2.24. The van der Waals surface area contributed by atoms with Crippen molar-refractivity contribution in [3.05, 3.63) is 22.1 Å². The van der Waals surface area contributed by atoms with Crippen molar-refractivity contribution in [1.82, 2.24) is 9.78 Å². The molecule has 5 nitrogen and oxygen atoms in total. The molecule has 1 aliphatic heterocycles. The first-order valence-electron chi connectivity index (χ1n) is 6.07. The van der Waals surface area contributed by atoms with Crippen molar-refractivity contribution in [1.29, 1.82) is 0 Å². The molecule has 1 saturated heterocycles. The molecule has 0 radical (unpaired) electrons. The molecule has 1 aromatic heterocycles. The molecule has 1 unspecified atom stereocenters. The van der Waals surface area contributed by atoms with Crippen molar-refractivity contribution >= 4 is 9.84 Å². The molecular weight excluding hydrogens is 252 g/mol. The third-order valence-corrected chi connectivity index (χ3v) is 5.44. The minimum absolute atomic E-state index is 0.0317. The summed E-state index contributed by atoms with van der Waals surface area (Å²) >= 11 is 0.